The highest BCUT2D eigenvalue weighted by atomic mass is 19.1. The number of Topliss-reactive ketones (excluding diaryl/α,β-unsaturated/α-hetero) is 1. The average Bonchev–Trinajstić information content (AvgIpc) is 2.46. The molecule has 2 aromatic rings. The third-order valence-electron chi connectivity index (χ3n) is 3.61. The van der Waals surface area contributed by atoms with Crippen LogP contribution in [0.2, 0.25) is 0 Å². The molecule has 0 saturated heterocycles. The average molecular weight is 270 g/mol. The molecule has 2 heteroatoms. The molecular formula is C18H19FO. The molecule has 0 bridgehead atoms. The smallest absolute Gasteiger partial charge is 0.160 e. The molecule has 0 aliphatic heterocycles. The second kappa shape index (κ2) is 6.00. The van der Waals surface area contributed by atoms with Crippen molar-refractivity contribution in [3.05, 3.63) is 58.9 Å². The summed E-state index contributed by atoms with van der Waals surface area (Å²) in [6.07, 6.45) is 1.77. The van der Waals surface area contributed by atoms with Crippen LogP contribution in [0.1, 0.15) is 42.3 Å². The number of benzene rings is 2. The van der Waals surface area contributed by atoms with Crippen molar-refractivity contribution in [2.75, 3.05) is 0 Å². The Morgan fingerprint density at radius 2 is 1.75 bits per heavy atom. The summed E-state index contributed by atoms with van der Waals surface area (Å²) in [4.78, 5) is 11.8. The fourth-order valence-corrected chi connectivity index (χ4v) is 2.45. The SMILES string of the molecule is CCc1ccc(CC)c(-c2cc(F)ccc2C(C)=O)c1. The normalized spacial score (nSPS) is 10.6. The maximum absolute atomic E-state index is 13.6. The number of carbonyl (C=O) groups is 1. The van der Waals surface area contributed by atoms with E-state index < -0.39 is 0 Å². The summed E-state index contributed by atoms with van der Waals surface area (Å²) in [7, 11) is 0. The zero-order valence-corrected chi connectivity index (χ0v) is 12.2. The van der Waals surface area contributed by atoms with Crippen LogP contribution >= 0.6 is 0 Å². The summed E-state index contributed by atoms with van der Waals surface area (Å²) >= 11 is 0. The highest BCUT2D eigenvalue weighted by Gasteiger charge is 2.13. The summed E-state index contributed by atoms with van der Waals surface area (Å²) in [6, 6.07) is 10.6. The van der Waals surface area contributed by atoms with Crippen LogP contribution in [0.15, 0.2) is 36.4 Å². The highest BCUT2D eigenvalue weighted by molar-refractivity contribution is 6.01. The molecule has 0 aliphatic carbocycles. The zero-order chi connectivity index (χ0) is 14.7. The monoisotopic (exact) mass is 270 g/mol. The van der Waals surface area contributed by atoms with Gasteiger partial charge in [0, 0.05) is 5.56 Å². The van der Waals surface area contributed by atoms with Gasteiger partial charge in [0.15, 0.2) is 5.78 Å². The van der Waals surface area contributed by atoms with E-state index >= 15 is 0 Å². The van der Waals surface area contributed by atoms with Gasteiger partial charge in [-0.3, -0.25) is 4.79 Å². The van der Waals surface area contributed by atoms with Gasteiger partial charge in [-0.05, 0) is 60.2 Å². The summed E-state index contributed by atoms with van der Waals surface area (Å²) in [5.74, 6) is -0.349. The lowest BCUT2D eigenvalue weighted by Crippen LogP contribution is -2.00. The van der Waals surface area contributed by atoms with E-state index in [-0.39, 0.29) is 11.6 Å². The third-order valence-corrected chi connectivity index (χ3v) is 3.61. The molecule has 0 heterocycles. The van der Waals surface area contributed by atoms with Crippen molar-refractivity contribution < 1.29 is 9.18 Å². The van der Waals surface area contributed by atoms with Crippen molar-refractivity contribution in [3.63, 3.8) is 0 Å². The molecule has 2 rings (SSSR count). The van der Waals surface area contributed by atoms with Crippen molar-refractivity contribution >= 4 is 5.78 Å². The fraction of sp³-hybridized carbons (Fsp3) is 0.278. The van der Waals surface area contributed by atoms with E-state index in [1.54, 1.807) is 6.07 Å². The molecule has 0 fully saturated rings. The van der Waals surface area contributed by atoms with E-state index in [9.17, 15) is 9.18 Å². The fourth-order valence-electron chi connectivity index (χ4n) is 2.45. The van der Waals surface area contributed by atoms with Crippen LogP contribution in [0.25, 0.3) is 11.1 Å². The number of ketones is 1. The van der Waals surface area contributed by atoms with Gasteiger partial charge in [-0.1, -0.05) is 32.0 Å². The predicted octanol–water partition coefficient (Wildman–Crippen LogP) is 4.82. The maximum atomic E-state index is 13.6. The van der Waals surface area contributed by atoms with Gasteiger partial charge in [-0.2, -0.15) is 0 Å². The summed E-state index contributed by atoms with van der Waals surface area (Å²) in [5, 5.41) is 0. The molecule has 0 atom stereocenters. The lowest BCUT2D eigenvalue weighted by atomic mass is 9.91. The van der Waals surface area contributed by atoms with E-state index in [2.05, 4.69) is 32.0 Å². The Labute approximate surface area is 119 Å². The number of hydrogen-bond acceptors (Lipinski definition) is 1. The Kier molecular flexibility index (Phi) is 4.33. The molecule has 0 aromatic heterocycles. The lowest BCUT2D eigenvalue weighted by Gasteiger charge is -2.13. The molecule has 2 aromatic carbocycles. The minimum absolute atomic E-state index is 0.0380. The van der Waals surface area contributed by atoms with Crippen molar-refractivity contribution in [2.24, 2.45) is 0 Å². The topological polar surface area (TPSA) is 17.1 Å². The number of halogens is 1. The first-order valence-electron chi connectivity index (χ1n) is 6.99. The Morgan fingerprint density at radius 1 is 1.00 bits per heavy atom. The van der Waals surface area contributed by atoms with E-state index in [1.807, 2.05) is 0 Å². The van der Waals surface area contributed by atoms with Crippen molar-refractivity contribution in [1.82, 2.24) is 0 Å². The van der Waals surface area contributed by atoms with Crippen LogP contribution in [0.3, 0.4) is 0 Å². The number of hydrogen-bond donors (Lipinski definition) is 0. The summed E-state index contributed by atoms with van der Waals surface area (Å²) < 4.78 is 13.6. The minimum Gasteiger partial charge on any atom is -0.294 e. The molecule has 0 amide bonds. The van der Waals surface area contributed by atoms with E-state index in [0.29, 0.717) is 11.1 Å². The Hall–Kier alpha value is -1.96. The predicted molar refractivity (Wildman–Crippen MR) is 80.6 cm³/mol. The summed E-state index contributed by atoms with van der Waals surface area (Å²) in [5.41, 5.74) is 4.57. The van der Waals surface area contributed by atoms with Gasteiger partial charge in [-0.25, -0.2) is 4.39 Å². The van der Waals surface area contributed by atoms with Crippen LogP contribution in [-0.4, -0.2) is 5.78 Å². The molecule has 0 radical (unpaired) electrons. The van der Waals surface area contributed by atoms with Gasteiger partial charge >= 0.3 is 0 Å². The molecule has 0 spiro atoms. The lowest BCUT2D eigenvalue weighted by molar-refractivity contribution is 0.101. The van der Waals surface area contributed by atoms with Crippen molar-refractivity contribution in [3.8, 4) is 11.1 Å². The van der Waals surface area contributed by atoms with E-state index in [0.717, 1.165) is 24.0 Å². The highest BCUT2D eigenvalue weighted by Crippen LogP contribution is 2.30. The number of rotatable bonds is 4. The second-order valence-electron chi connectivity index (χ2n) is 4.94. The first kappa shape index (κ1) is 14.4. The van der Waals surface area contributed by atoms with Crippen molar-refractivity contribution in [2.45, 2.75) is 33.6 Å². The van der Waals surface area contributed by atoms with E-state index in [4.69, 9.17) is 0 Å². The quantitative estimate of drug-likeness (QED) is 0.728. The number of carbonyl (C=O) groups excluding carboxylic acids is 1. The minimum atomic E-state index is -0.311. The third kappa shape index (κ3) is 2.79. The zero-order valence-electron chi connectivity index (χ0n) is 12.2. The Bertz CT molecular complexity index is 644. The summed E-state index contributed by atoms with van der Waals surface area (Å²) in [6.45, 7) is 5.67. The first-order chi connectivity index (χ1) is 9.56. The molecule has 0 aliphatic rings. The standard InChI is InChI=1S/C18H19FO/c1-4-13-6-7-14(5-2)17(10-13)18-11-15(19)8-9-16(18)12(3)20/h6-11H,4-5H2,1-3H3. The molecule has 0 N–H and O–H groups in total. The van der Waals surface area contributed by atoms with Crippen LogP contribution < -0.4 is 0 Å². The van der Waals surface area contributed by atoms with Gasteiger partial charge in [0.25, 0.3) is 0 Å². The van der Waals surface area contributed by atoms with Crippen LogP contribution in [-0.2, 0) is 12.8 Å². The van der Waals surface area contributed by atoms with Gasteiger partial charge in [-0.15, -0.1) is 0 Å². The van der Waals surface area contributed by atoms with Gasteiger partial charge < -0.3 is 0 Å². The van der Waals surface area contributed by atoms with Gasteiger partial charge in [0.1, 0.15) is 5.82 Å². The maximum Gasteiger partial charge on any atom is 0.160 e. The van der Waals surface area contributed by atoms with Gasteiger partial charge in [0.2, 0.25) is 0 Å². The largest absolute Gasteiger partial charge is 0.294 e. The molecule has 0 unspecified atom stereocenters. The van der Waals surface area contributed by atoms with Crippen LogP contribution in [0, 0.1) is 5.82 Å². The molecule has 104 valence electrons. The molecule has 20 heavy (non-hydrogen) atoms. The van der Waals surface area contributed by atoms with E-state index in [1.165, 1.54) is 24.6 Å². The molecule has 0 saturated carbocycles. The van der Waals surface area contributed by atoms with Gasteiger partial charge in [0.05, 0.1) is 0 Å². The molecule has 1 nitrogen and oxygen atoms in total. The first-order valence-corrected chi connectivity index (χ1v) is 6.99. The molecular weight excluding hydrogens is 251 g/mol. The second-order valence-corrected chi connectivity index (χ2v) is 4.94. The van der Waals surface area contributed by atoms with Crippen LogP contribution in [0.5, 0.6) is 0 Å². The van der Waals surface area contributed by atoms with Crippen molar-refractivity contribution in [1.29, 1.82) is 0 Å². The Balaban J connectivity index is 2.72. The number of aryl methyl sites for hydroxylation is 2. The Morgan fingerprint density at radius 3 is 2.35 bits per heavy atom. The van der Waals surface area contributed by atoms with Crippen LogP contribution in [0.4, 0.5) is 4.39 Å².